The van der Waals surface area contributed by atoms with Crippen LogP contribution >= 0.6 is 0 Å². The third kappa shape index (κ3) is 14.9. The van der Waals surface area contributed by atoms with Crippen LogP contribution in [0.15, 0.2) is 42.5 Å². The lowest BCUT2D eigenvalue weighted by molar-refractivity contribution is -0.142. The monoisotopic (exact) mass is 601 g/mol. The first-order valence-electron chi connectivity index (χ1n) is 15.0. The van der Waals surface area contributed by atoms with E-state index in [0.29, 0.717) is 36.4 Å². The molecule has 0 aliphatic heterocycles. The van der Waals surface area contributed by atoms with E-state index >= 15 is 0 Å². The second-order valence-corrected chi connectivity index (χ2v) is 10.5. The smallest absolute Gasteiger partial charge is 0.326 e. The van der Waals surface area contributed by atoms with Crippen LogP contribution in [0.1, 0.15) is 81.6 Å². The molecule has 0 saturated heterocycles. The largest absolute Gasteiger partial charge is 0.508 e. The number of unbranched alkanes of at least 4 members (excludes halogenated alkanes) is 4. The lowest BCUT2D eigenvalue weighted by Crippen LogP contribution is -2.42. The number of urea groups is 1. The number of nitrogens with one attached hydrogen (secondary N) is 3. The Hall–Kier alpha value is -3.67. The number of phenols is 1. The van der Waals surface area contributed by atoms with Gasteiger partial charge in [0.15, 0.2) is 0 Å². The number of aliphatic hydroxyl groups excluding tert-OH is 1. The Bertz CT molecular complexity index is 1140. The van der Waals surface area contributed by atoms with Crippen molar-refractivity contribution in [2.24, 2.45) is 0 Å². The highest BCUT2D eigenvalue weighted by atomic mass is 16.5. The molecule has 0 aliphatic rings. The van der Waals surface area contributed by atoms with Crippen LogP contribution in [-0.2, 0) is 32.1 Å². The molecule has 11 heteroatoms. The fourth-order valence-corrected chi connectivity index (χ4v) is 4.38. The number of phenolic OH excluding ortho intramolecular Hbond substituents is 1. The van der Waals surface area contributed by atoms with Crippen molar-refractivity contribution in [3.05, 3.63) is 59.2 Å². The van der Waals surface area contributed by atoms with Crippen LogP contribution in [0.25, 0.3) is 0 Å². The first-order valence-corrected chi connectivity index (χ1v) is 15.0. The maximum absolute atomic E-state index is 12.1. The number of carboxylic acids is 1. The van der Waals surface area contributed by atoms with E-state index in [1.807, 2.05) is 18.2 Å². The minimum Gasteiger partial charge on any atom is -0.508 e. The van der Waals surface area contributed by atoms with Crippen LogP contribution in [0.3, 0.4) is 0 Å². The molecule has 0 radical (unpaired) electrons. The zero-order valence-electron chi connectivity index (χ0n) is 25.3. The highest BCUT2D eigenvalue weighted by Gasteiger charge is 2.17. The molecule has 0 fully saturated rings. The Kier molecular flexibility index (Phi) is 16.7. The van der Waals surface area contributed by atoms with Crippen LogP contribution in [-0.4, -0.2) is 65.6 Å². The third-order valence-electron chi connectivity index (χ3n) is 6.85. The number of carbonyl (C=O) groups is 3. The molecule has 43 heavy (non-hydrogen) atoms. The fraction of sp³-hybridized carbons (Fsp3) is 0.531. The number of aryl methyl sites for hydroxylation is 1. The summed E-state index contributed by atoms with van der Waals surface area (Å²) in [5.41, 5.74) is 2.83. The molecular formula is C32H47N3O8. The Morgan fingerprint density at radius 1 is 0.953 bits per heavy atom. The van der Waals surface area contributed by atoms with Crippen molar-refractivity contribution >= 4 is 23.7 Å². The van der Waals surface area contributed by atoms with Gasteiger partial charge in [0.25, 0.3) is 0 Å². The number of aliphatic carboxylic acids is 1. The average Bonchev–Trinajstić information content (AvgIpc) is 2.97. The Morgan fingerprint density at radius 2 is 1.70 bits per heavy atom. The summed E-state index contributed by atoms with van der Waals surface area (Å²) < 4.78 is 10.7. The zero-order chi connectivity index (χ0) is 31.5. The van der Waals surface area contributed by atoms with Crippen molar-refractivity contribution in [2.75, 3.05) is 31.6 Å². The molecule has 0 heterocycles. The van der Waals surface area contributed by atoms with E-state index in [-0.39, 0.29) is 12.4 Å². The van der Waals surface area contributed by atoms with Gasteiger partial charge in [0.2, 0.25) is 0 Å². The van der Waals surface area contributed by atoms with E-state index in [0.717, 1.165) is 63.7 Å². The number of amides is 2. The minimum atomic E-state index is -1.06. The second-order valence-electron chi connectivity index (χ2n) is 10.5. The normalized spacial score (nSPS) is 12.3. The molecule has 2 rings (SSSR count). The van der Waals surface area contributed by atoms with Gasteiger partial charge in [0.05, 0.1) is 6.10 Å². The van der Waals surface area contributed by atoms with E-state index in [2.05, 4.69) is 16.0 Å². The van der Waals surface area contributed by atoms with Gasteiger partial charge in [-0.3, -0.25) is 4.79 Å². The summed E-state index contributed by atoms with van der Waals surface area (Å²) in [6.45, 7) is 5.59. The van der Waals surface area contributed by atoms with Gasteiger partial charge in [-0.15, -0.1) is 0 Å². The van der Waals surface area contributed by atoms with E-state index in [1.165, 1.54) is 13.0 Å². The fourth-order valence-electron chi connectivity index (χ4n) is 4.38. The van der Waals surface area contributed by atoms with Crippen LogP contribution < -0.4 is 16.0 Å². The molecule has 6 N–H and O–H groups in total. The van der Waals surface area contributed by atoms with E-state index < -0.39 is 30.1 Å². The number of anilines is 1. The van der Waals surface area contributed by atoms with Gasteiger partial charge in [0, 0.05) is 37.9 Å². The van der Waals surface area contributed by atoms with Gasteiger partial charge in [0.1, 0.15) is 18.4 Å². The summed E-state index contributed by atoms with van der Waals surface area (Å²) in [5.74, 6) is -1.46. The number of esters is 1. The predicted molar refractivity (Wildman–Crippen MR) is 164 cm³/mol. The molecule has 2 atom stereocenters. The van der Waals surface area contributed by atoms with Crippen molar-refractivity contribution in [1.82, 2.24) is 10.6 Å². The molecule has 1 unspecified atom stereocenters. The number of hydrogen-bond donors (Lipinski definition) is 6. The number of aromatic hydroxyl groups is 1. The van der Waals surface area contributed by atoms with Crippen LogP contribution in [0.4, 0.5) is 10.5 Å². The Labute approximate surface area is 254 Å². The van der Waals surface area contributed by atoms with Crippen molar-refractivity contribution < 1.29 is 39.2 Å². The van der Waals surface area contributed by atoms with Gasteiger partial charge in [-0.1, -0.05) is 38.0 Å². The number of benzene rings is 2. The van der Waals surface area contributed by atoms with Crippen LogP contribution in [0.5, 0.6) is 5.75 Å². The van der Waals surface area contributed by atoms with Gasteiger partial charge >= 0.3 is 18.0 Å². The van der Waals surface area contributed by atoms with Gasteiger partial charge in [-0.25, -0.2) is 9.59 Å². The van der Waals surface area contributed by atoms with Gasteiger partial charge in [-0.05, 0) is 80.5 Å². The number of rotatable bonds is 21. The molecule has 11 nitrogen and oxygen atoms in total. The van der Waals surface area contributed by atoms with Crippen molar-refractivity contribution in [1.29, 1.82) is 0 Å². The minimum absolute atomic E-state index is 0.0275. The molecule has 0 aromatic heterocycles. The zero-order valence-corrected chi connectivity index (χ0v) is 25.3. The summed E-state index contributed by atoms with van der Waals surface area (Å²) in [7, 11) is 0. The van der Waals surface area contributed by atoms with Gasteiger partial charge < -0.3 is 40.7 Å². The first-order chi connectivity index (χ1) is 20.7. The van der Waals surface area contributed by atoms with Gasteiger partial charge in [-0.2, -0.15) is 0 Å². The SMILES string of the molecule is CCC(NC(=O)Nc1cccc(CCCCOCCCCCCNC[C@H](O)c2ccc(O)c(COC(C)=O)c2)c1)C(=O)O. The highest BCUT2D eigenvalue weighted by molar-refractivity contribution is 5.92. The third-order valence-corrected chi connectivity index (χ3v) is 6.85. The maximum atomic E-state index is 12.1. The molecule has 2 aromatic rings. The number of hydrogen-bond acceptors (Lipinski definition) is 8. The summed E-state index contributed by atoms with van der Waals surface area (Å²) in [4.78, 5) is 34.2. The lowest BCUT2D eigenvalue weighted by atomic mass is 10.1. The molecule has 0 bridgehead atoms. The molecule has 2 aromatic carbocycles. The second kappa shape index (κ2) is 20.3. The number of carbonyl (C=O) groups excluding carboxylic acids is 2. The molecule has 0 spiro atoms. The molecule has 0 saturated carbocycles. The summed E-state index contributed by atoms with van der Waals surface area (Å²) >= 11 is 0. The van der Waals surface area contributed by atoms with Crippen molar-refractivity contribution in [3.63, 3.8) is 0 Å². The quantitative estimate of drug-likeness (QED) is 0.0881. The maximum Gasteiger partial charge on any atom is 0.326 e. The summed E-state index contributed by atoms with van der Waals surface area (Å²) in [6.07, 6.45) is 6.47. The van der Waals surface area contributed by atoms with Crippen LogP contribution in [0, 0.1) is 0 Å². The topological polar surface area (TPSA) is 166 Å². The van der Waals surface area contributed by atoms with Crippen LogP contribution in [0.2, 0.25) is 0 Å². The predicted octanol–water partition coefficient (Wildman–Crippen LogP) is 4.66. The number of carboxylic acid groups (broad SMARTS) is 1. The van der Waals surface area contributed by atoms with E-state index in [9.17, 15) is 24.6 Å². The lowest BCUT2D eigenvalue weighted by Gasteiger charge is -2.14. The molecular weight excluding hydrogens is 554 g/mol. The average molecular weight is 602 g/mol. The molecule has 0 aliphatic carbocycles. The van der Waals surface area contributed by atoms with Crippen molar-refractivity contribution in [3.8, 4) is 5.75 Å². The summed E-state index contributed by atoms with van der Waals surface area (Å²) in [5, 5.41) is 37.8. The van der Waals surface area contributed by atoms with Crippen molar-refractivity contribution in [2.45, 2.75) is 84.0 Å². The first kappa shape index (κ1) is 35.5. The number of ether oxygens (including phenoxy) is 2. The Morgan fingerprint density at radius 3 is 2.42 bits per heavy atom. The standard InChI is InChI=1S/C32H47N3O8/c1-3-28(31(39)40)35-32(41)34-27-13-10-12-24(19-27)11-6-9-18-42-17-8-5-4-7-16-33-21-30(38)25-14-15-29(37)26(20-25)22-43-23(2)36/h10,12-15,19-20,28,30,33,37-38H,3-9,11,16-18,21-22H2,1-2H3,(H,39,40)(H2,34,35,41)/t28?,30-/m0/s1. The number of aliphatic hydroxyl groups is 1. The van der Waals surface area contributed by atoms with E-state index in [4.69, 9.17) is 14.6 Å². The Balaban J connectivity index is 1.48. The summed E-state index contributed by atoms with van der Waals surface area (Å²) in [6, 6.07) is 10.9. The van der Waals surface area contributed by atoms with E-state index in [1.54, 1.807) is 25.1 Å². The highest BCUT2D eigenvalue weighted by Crippen LogP contribution is 2.23. The molecule has 2 amide bonds. The molecule has 238 valence electrons.